The Kier molecular flexibility index (Phi) is 36.4. The fourth-order valence-corrected chi connectivity index (χ4v) is 10.8. The van der Waals surface area contributed by atoms with Crippen LogP contribution in [0.3, 0.4) is 0 Å². The van der Waals surface area contributed by atoms with E-state index in [1.165, 1.54) is 15.9 Å². The van der Waals surface area contributed by atoms with Gasteiger partial charge in [-0.1, -0.05) is 135 Å². The van der Waals surface area contributed by atoms with Crippen LogP contribution in [0.25, 0.3) is 0 Å². The summed E-state index contributed by atoms with van der Waals surface area (Å²) >= 11 is 0. The third-order valence-electron chi connectivity index (χ3n) is 13.2. The van der Waals surface area contributed by atoms with Gasteiger partial charge in [-0.15, -0.1) is 0 Å². The molecule has 100 heavy (non-hydrogen) atoms. The summed E-state index contributed by atoms with van der Waals surface area (Å²) in [6.07, 6.45) is 11.7. The second kappa shape index (κ2) is 41.8. The zero-order valence-corrected chi connectivity index (χ0v) is 63.1. The lowest BCUT2D eigenvalue weighted by atomic mass is 10.2. The number of alkyl halides is 6. The number of para-hydroxylation sites is 1. The number of ether oxygens (including phenoxy) is 9. The standard InChI is InChI=1S/C42H64N2O6.C30H39O3P.2CHF3O3S/c1-7-13-28-45-37-26-24-35(39(47-30-15-9-3)41(37)49-32-17-11-5)44(43-34-22-20-19-21-23-34)36-25-27-38(46-29-14-8-2)42(50-33-18-12-6)40(36)48-31-16-10-4;1-28(2,3)31-22-10-16-25(17-11-22)34(26-18-12-23(13-19-26)32-29(4,5)6)27-20-14-24(15-21-27)33-30(7,8)9;2*2-1(3,4)8(5,6)7/h19-27,43H,7-18,28-33H2,1-6H3;10-21H,1-9H3;2*(H,5,6,7). The molecule has 17 nitrogen and oxygen atoms in total. The molecule has 0 fully saturated rings. The Bertz CT molecular complexity index is 3270. The SMILES string of the molecule is CC(C)(C)Oc1ccc(P(c2ccc(OC(C)(C)C)cc2)c2ccc(OC(C)(C)C)cc2)cc1.CCCCOc1ccc(N(Nc2ccccc2)c2ccc(OCCCC)c(OCCCC)c2OCCCC)c(OCCCC)c1OCCCC.O=S(=O)(O)C(F)(F)F.O=S(=O)(O)C(F)(F)F. The van der Waals surface area contributed by atoms with Gasteiger partial charge in [0.15, 0.2) is 23.0 Å². The third-order valence-corrected chi connectivity index (χ3v) is 16.9. The Morgan fingerprint density at radius 3 is 0.860 bits per heavy atom. The first-order chi connectivity index (χ1) is 46.8. The van der Waals surface area contributed by atoms with Crippen LogP contribution in [0.15, 0.2) is 127 Å². The van der Waals surface area contributed by atoms with Crippen LogP contribution < -0.4 is 69.0 Å². The van der Waals surface area contributed by atoms with Crippen molar-refractivity contribution in [3.05, 3.63) is 127 Å². The number of hydrogen-bond acceptors (Lipinski definition) is 15. The first-order valence-electron chi connectivity index (χ1n) is 33.8. The van der Waals surface area contributed by atoms with Gasteiger partial charge >= 0.3 is 31.3 Å². The van der Waals surface area contributed by atoms with Gasteiger partial charge in [-0.2, -0.15) is 43.2 Å². The van der Waals surface area contributed by atoms with Crippen LogP contribution in [0.4, 0.5) is 43.4 Å². The highest BCUT2D eigenvalue weighted by molar-refractivity contribution is 7.87. The van der Waals surface area contributed by atoms with Gasteiger partial charge in [0.25, 0.3) is 0 Å². The molecule has 0 spiro atoms. The molecule has 0 aromatic heterocycles. The fourth-order valence-electron chi connectivity index (χ4n) is 8.52. The van der Waals surface area contributed by atoms with Crippen LogP contribution in [0, 0.1) is 0 Å². The smallest absolute Gasteiger partial charge is 0.490 e. The number of benzene rings is 6. The molecule has 6 aromatic rings. The van der Waals surface area contributed by atoms with Crippen LogP contribution >= 0.6 is 7.92 Å². The first-order valence-corrected chi connectivity index (χ1v) is 38.0. The van der Waals surface area contributed by atoms with Gasteiger partial charge in [-0.25, -0.2) is 5.01 Å². The molecule has 0 aliphatic heterocycles. The van der Waals surface area contributed by atoms with Crippen LogP contribution in [0.1, 0.15) is 181 Å². The monoisotopic (exact) mass is 1470 g/mol. The van der Waals surface area contributed by atoms with E-state index >= 15 is 0 Å². The molecular formula is C74H105F6N2O15PS2. The number of unbranched alkanes of at least 4 members (excludes halogenated alkanes) is 6. The summed E-state index contributed by atoms with van der Waals surface area (Å²) in [6, 6.07) is 43.8. The summed E-state index contributed by atoms with van der Waals surface area (Å²) in [5, 5.41) is 5.84. The molecule has 0 unspecified atom stereocenters. The molecule has 26 heteroatoms. The van der Waals surface area contributed by atoms with E-state index in [4.69, 9.17) is 68.6 Å². The maximum atomic E-state index is 10.7. The lowest BCUT2D eigenvalue weighted by molar-refractivity contribution is -0.0514. The van der Waals surface area contributed by atoms with E-state index < -0.39 is 39.2 Å². The van der Waals surface area contributed by atoms with Gasteiger partial charge in [-0.3, -0.25) is 14.5 Å². The topological polar surface area (TPSA) is 207 Å². The van der Waals surface area contributed by atoms with Gasteiger partial charge < -0.3 is 42.6 Å². The summed E-state index contributed by atoms with van der Waals surface area (Å²) in [6.45, 7) is 35.0. The van der Waals surface area contributed by atoms with Crippen molar-refractivity contribution in [2.45, 2.75) is 209 Å². The fraction of sp³-hybridized carbons (Fsp3) is 0.514. The van der Waals surface area contributed by atoms with Gasteiger partial charge in [0, 0.05) is 0 Å². The minimum absolute atomic E-state index is 0.224. The number of anilines is 3. The van der Waals surface area contributed by atoms with Crippen LogP contribution in [0.5, 0.6) is 51.7 Å². The third kappa shape index (κ3) is 31.9. The first kappa shape index (κ1) is 87.2. The molecule has 0 aliphatic carbocycles. The maximum absolute atomic E-state index is 10.7. The van der Waals surface area contributed by atoms with Crippen molar-refractivity contribution in [3.63, 3.8) is 0 Å². The molecule has 0 bridgehead atoms. The van der Waals surface area contributed by atoms with Crippen LogP contribution in [-0.4, -0.2) is 93.4 Å². The summed E-state index contributed by atoms with van der Waals surface area (Å²) < 4.78 is 172. The Morgan fingerprint density at radius 1 is 0.370 bits per heavy atom. The van der Waals surface area contributed by atoms with Gasteiger partial charge in [-0.05, 0) is 197 Å². The minimum Gasteiger partial charge on any atom is -0.490 e. The van der Waals surface area contributed by atoms with Crippen molar-refractivity contribution in [1.82, 2.24) is 0 Å². The molecule has 0 atom stereocenters. The summed E-state index contributed by atoms with van der Waals surface area (Å²) in [5.41, 5.74) is -5.60. The largest absolute Gasteiger partial charge is 0.522 e. The van der Waals surface area contributed by atoms with Crippen molar-refractivity contribution in [2.75, 3.05) is 50.1 Å². The Hall–Kier alpha value is -7.05. The molecular weight excluding hydrogens is 1370 g/mol. The van der Waals surface area contributed by atoms with Gasteiger partial charge in [0.05, 0.1) is 45.3 Å². The molecule has 0 aliphatic rings. The number of hydrazine groups is 1. The maximum Gasteiger partial charge on any atom is 0.522 e. The second-order valence-electron chi connectivity index (χ2n) is 25.8. The second-order valence-corrected chi connectivity index (χ2v) is 30.9. The zero-order chi connectivity index (χ0) is 75.0. The predicted molar refractivity (Wildman–Crippen MR) is 389 cm³/mol. The number of nitrogens with one attached hydrogen (secondary N) is 1. The normalized spacial score (nSPS) is 11.9. The summed E-state index contributed by atoms with van der Waals surface area (Å²) in [5.74, 6) is 6.52. The molecule has 6 aromatic carbocycles. The Morgan fingerprint density at radius 2 is 0.620 bits per heavy atom. The number of halogens is 6. The van der Waals surface area contributed by atoms with E-state index in [9.17, 15) is 26.3 Å². The highest BCUT2D eigenvalue weighted by Gasteiger charge is 2.45. The average molecular weight is 1470 g/mol. The van der Waals surface area contributed by atoms with Crippen molar-refractivity contribution in [2.24, 2.45) is 0 Å². The van der Waals surface area contributed by atoms with E-state index in [1.807, 2.05) is 59.6 Å². The Balaban J connectivity index is 0.000000443. The number of hydrogen-bond donors (Lipinski definition) is 3. The lowest BCUT2D eigenvalue weighted by Gasteiger charge is -2.32. The van der Waals surface area contributed by atoms with Gasteiger partial charge in [0.1, 0.15) is 45.4 Å². The van der Waals surface area contributed by atoms with E-state index in [1.54, 1.807) is 0 Å². The highest BCUT2D eigenvalue weighted by Crippen LogP contribution is 2.52. The summed E-state index contributed by atoms with van der Waals surface area (Å²) in [7, 11) is -12.4. The molecule has 0 saturated heterocycles. The van der Waals surface area contributed by atoms with E-state index in [0.29, 0.717) is 74.1 Å². The molecule has 0 radical (unpaired) electrons. The average Bonchev–Trinajstić information content (AvgIpc) is 0.767. The lowest BCUT2D eigenvalue weighted by Crippen LogP contribution is -2.26. The molecule has 0 saturated carbocycles. The molecule has 3 N–H and O–H groups in total. The zero-order valence-electron chi connectivity index (χ0n) is 60.5. The number of nitrogens with zero attached hydrogens (tertiary/aromatic N) is 1. The van der Waals surface area contributed by atoms with E-state index in [0.717, 1.165) is 111 Å². The highest BCUT2D eigenvalue weighted by atomic mass is 32.2. The van der Waals surface area contributed by atoms with Crippen molar-refractivity contribution >= 4 is 61.1 Å². The van der Waals surface area contributed by atoms with E-state index in [-0.39, 0.29) is 16.8 Å². The quantitative estimate of drug-likeness (QED) is 0.00857. The van der Waals surface area contributed by atoms with Crippen molar-refractivity contribution in [1.29, 1.82) is 0 Å². The number of rotatable bonds is 34. The van der Waals surface area contributed by atoms with E-state index in [2.05, 4.69) is 182 Å². The molecule has 560 valence electrons. The van der Waals surface area contributed by atoms with Gasteiger partial charge in [0.2, 0.25) is 11.5 Å². The molecule has 6 rings (SSSR count). The summed E-state index contributed by atoms with van der Waals surface area (Å²) in [4.78, 5) is 0. The molecule has 0 heterocycles. The van der Waals surface area contributed by atoms with Crippen LogP contribution in [-0.2, 0) is 20.2 Å². The van der Waals surface area contributed by atoms with Crippen LogP contribution in [0.2, 0.25) is 0 Å². The minimum atomic E-state index is -5.84. The molecule has 0 amide bonds. The predicted octanol–water partition coefficient (Wildman–Crippen LogP) is 19.7. The van der Waals surface area contributed by atoms with Crippen molar-refractivity contribution < 1.29 is 94.9 Å². The Labute approximate surface area is 591 Å². The van der Waals surface area contributed by atoms with Crippen molar-refractivity contribution in [3.8, 4) is 51.7 Å².